The molecule has 3 rings (SSSR count). The number of hydrogen-bond acceptors (Lipinski definition) is 4. The SMILES string of the molecule is N#CCC(CC#N)c1cccc(OCO[C@H]2CC3CCC2C3)c1. The maximum Gasteiger partial charge on any atom is 0.189 e. The number of hydrogen-bond donors (Lipinski definition) is 0. The third kappa shape index (κ3) is 3.84. The van der Waals surface area contributed by atoms with E-state index in [1.807, 2.05) is 24.3 Å². The summed E-state index contributed by atoms with van der Waals surface area (Å²) in [5.41, 5.74) is 0.977. The second-order valence-corrected chi connectivity index (χ2v) is 6.64. The van der Waals surface area contributed by atoms with Gasteiger partial charge in [-0.05, 0) is 55.2 Å². The van der Waals surface area contributed by atoms with Crippen LogP contribution in [0.1, 0.15) is 50.0 Å². The van der Waals surface area contributed by atoms with E-state index in [-0.39, 0.29) is 12.7 Å². The van der Waals surface area contributed by atoms with E-state index in [0.29, 0.717) is 18.9 Å². The summed E-state index contributed by atoms with van der Waals surface area (Å²) in [5.74, 6) is 2.28. The largest absolute Gasteiger partial charge is 0.468 e. The zero-order valence-corrected chi connectivity index (χ0v) is 13.3. The van der Waals surface area contributed by atoms with Crippen LogP contribution in [0.15, 0.2) is 24.3 Å². The van der Waals surface area contributed by atoms with Crippen molar-refractivity contribution in [3.05, 3.63) is 29.8 Å². The molecule has 0 saturated heterocycles. The Bertz CT molecular complexity index is 601. The highest BCUT2D eigenvalue weighted by Crippen LogP contribution is 2.45. The van der Waals surface area contributed by atoms with E-state index in [0.717, 1.165) is 23.1 Å². The molecule has 3 atom stereocenters. The Hall–Kier alpha value is -2.04. The molecule has 2 bridgehead atoms. The fourth-order valence-electron chi connectivity index (χ4n) is 3.97. The summed E-state index contributed by atoms with van der Waals surface area (Å²) in [6.07, 6.45) is 6.23. The quantitative estimate of drug-likeness (QED) is 0.710. The molecular weight excluding hydrogens is 288 g/mol. The molecule has 0 radical (unpaired) electrons. The summed E-state index contributed by atoms with van der Waals surface area (Å²) in [4.78, 5) is 0. The van der Waals surface area contributed by atoms with Crippen LogP contribution in [0.3, 0.4) is 0 Å². The van der Waals surface area contributed by atoms with Crippen molar-refractivity contribution in [3.63, 3.8) is 0 Å². The second kappa shape index (κ2) is 7.49. The third-order valence-corrected chi connectivity index (χ3v) is 5.19. The lowest BCUT2D eigenvalue weighted by atomic mass is 9.93. The molecule has 0 heterocycles. The molecule has 1 aromatic rings. The Morgan fingerprint density at radius 1 is 1.13 bits per heavy atom. The molecule has 0 aromatic heterocycles. The van der Waals surface area contributed by atoms with Gasteiger partial charge in [0.05, 0.1) is 18.2 Å². The second-order valence-electron chi connectivity index (χ2n) is 6.64. The predicted octanol–water partition coefficient (Wildman–Crippen LogP) is 4.14. The van der Waals surface area contributed by atoms with Gasteiger partial charge in [-0.25, -0.2) is 0 Å². The van der Waals surface area contributed by atoms with Crippen LogP contribution in [-0.2, 0) is 4.74 Å². The zero-order chi connectivity index (χ0) is 16.1. The van der Waals surface area contributed by atoms with Gasteiger partial charge in [0.15, 0.2) is 6.79 Å². The molecule has 2 aliphatic carbocycles. The van der Waals surface area contributed by atoms with Crippen molar-refractivity contribution >= 4 is 0 Å². The third-order valence-electron chi connectivity index (χ3n) is 5.19. The van der Waals surface area contributed by atoms with Crippen LogP contribution in [0.25, 0.3) is 0 Å². The molecule has 2 aliphatic rings. The number of ether oxygens (including phenoxy) is 2. The zero-order valence-electron chi connectivity index (χ0n) is 13.3. The van der Waals surface area contributed by atoms with E-state index >= 15 is 0 Å². The smallest absolute Gasteiger partial charge is 0.189 e. The topological polar surface area (TPSA) is 66.0 Å². The molecular formula is C19H22N2O2. The van der Waals surface area contributed by atoms with Crippen LogP contribution in [-0.4, -0.2) is 12.9 Å². The molecule has 1 aromatic carbocycles. The molecule has 0 spiro atoms. The highest BCUT2D eigenvalue weighted by Gasteiger charge is 2.40. The molecule has 4 heteroatoms. The van der Waals surface area contributed by atoms with Crippen molar-refractivity contribution in [2.24, 2.45) is 11.8 Å². The first-order chi connectivity index (χ1) is 11.3. The van der Waals surface area contributed by atoms with Crippen molar-refractivity contribution < 1.29 is 9.47 Å². The Labute approximate surface area is 137 Å². The maximum absolute atomic E-state index is 8.90. The minimum atomic E-state index is -0.0555. The van der Waals surface area contributed by atoms with E-state index in [9.17, 15) is 0 Å². The van der Waals surface area contributed by atoms with Gasteiger partial charge in [-0.2, -0.15) is 10.5 Å². The van der Waals surface area contributed by atoms with Crippen LogP contribution in [0.4, 0.5) is 0 Å². The molecule has 2 unspecified atom stereocenters. The lowest BCUT2D eigenvalue weighted by molar-refractivity contribution is -0.0577. The first kappa shape index (κ1) is 15.8. The van der Waals surface area contributed by atoms with Gasteiger partial charge in [0, 0.05) is 18.8 Å². The summed E-state index contributed by atoms with van der Waals surface area (Å²) in [6.45, 7) is 0.276. The van der Waals surface area contributed by atoms with Gasteiger partial charge in [-0.15, -0.1) is 0 Å². The first-order valence-corrected chi connectivity index (χ1v) is 8.38. The molecule has 120 valence electrons. The fourth-order valence-corrected chi connectivity index (χ4v) is 3.97. The molecule has 23 heavy (non-hydrogen) atoms. The van der Waals surface area contributed by atoms with E-state index in [4.69, 9.17) is 20.0 Å². The summed E-state index contributed by atoms with van der Waals surface area (Å²) in [5, 5.41) is 17.8. The molecule has 0 aliphatic heterocycles. The predicted molar refractivity (Wildman–Crippen MR) is 85.5 cm³/mol. The molecule has 2 saturated carbocycles. The number of rotatable bonds is 7. The van der Waals surface area contributed by atoms with Crippen molar-refractivity contribution in [2.75, 3.05) is 6.79 Å². The first-order valence-electron chi connectivity index (χ1n) is 8.38. The number of nitriles is 2. The van der Waals surface area contributed by atoms with Gasteiger partial charge >= 0.3 is 0 Å². The van der Waals surface area contributed by atoms with Crippen LogP contribution < -0.4 is 4.74 Å². The van der Waals surface area contributed by atoms with Crippen LogP contribution in [0.5, 0.6) is 5.75 Å². The van der Waals surface area contributed by atoms with Crippen LogP contribution in [0.2, 0.25) is 0 Å². The number of fused-ring (bicyclic) bond motifs is 2. The van der Waals surface area contributed by atoms with Crippen LogP contribution >= 0.6 is 0 Å². The van der Waals surface area contributed by atoms with Crippen molar-refractivity contribution in [1.29, 1.82) is 10.5 Å². The van der Waals surface area contributed by atoms with E-state index < -0.39 is 0 Å². The minimum absolute atomic E-state index is 0.0555. The fraction of sp³-hybridized carbons (Fsp3) is 0.579. The van der Waals surface area contributed by atoms with Crippen molar-refractivity contribution in [3.8, 4) is 17.9 Å². The molecule has 4 nitrogen and oxygen atoms in total. The van der Waals surface area contributed by atoms with Gasteiger partial charge in [0.1, 0.15) is 5.75 Å². The number of benzene rings is 1. The summed E-state index contributed by atoms with van der Waals surface area (Å²) in [6, 6.07) is 12.0. The highest BCUT2D eigenvalue weighted by molar-refractivity contribution is 5.31. The molecule has 2 fully saturated rings. The van der Waals surface area contributed by atoms with E-state index in [1.54, 1.807) is 0 Å². The van der Waals surface area contributed by atoms with Crippen molar-refractivity contribution in [2.45, 2.75) is 50.5 Å². The normalized spacial score (nSPS) is 25.3. The minimum Gasteiger partial charge on any atom is -0.468 e. The average Bonchev–Trinajstić information content (AvgIpc) is 3.18. The van der Waals surface area contributed by atoms with Crippen molar-refractivity contribution in [1.82, 2.24) is 0 Å². The van der Waals surface area contributed by atoms with E-state index in [1.165, 1.54) is 25.7 Å². The molecule has 0 amide bonds. The molecule has 0 N–H and O–H groups in total. The van der Waals surface area contributed by atoms with Gasteiger partial charge in [0.2, 0.25) is 0 Å². The summed E-state index contributed by atoms with van der Waals surface area (Å²) < 4.78 is 11.6. The van der Waals surface area contributed by atoms with Gasteiger partial charge in [-0.1, -0.05) is 12.1 Å². The monoisotopic (exact) mass is 310 g/mol. The lowest BCUT2D eigenvalue weighted by Gasteiger charge is -2.22. The Kier molecular flexibility index (Phi) is 5.16. The number of nitrogens with zero attached hydrogens (tertiary/aromatic N) is 2. The highest BCUT2D eigenvalue weighted by atomic mass is 16.7. The summed E-state index contributed by atoms with van der Waals surface area (Å²) >= 11 is 0. The van der Waals surface area contributed by atoms with E-state index in [2.05, 4.69) is 12.1 Å². The van der Waals surface area contributed by atoms with Gasteiger partial charge in [-0.3, -0.25) is 0 Å². The average molecular weight is 310 g/mol. The maximum atomic E-state index is 8.90. The van der Waals surface area contributed by atoms with Crippen LogP contribution in [0, 0.1) is 34.5 Å². The Morgan fingerprint density at radius 3 is 2.61 bits per heavy atom. The Balaban J connectivity index is 1.53. The summed E-state index contributed by atoms with van der Waals surface area (Å²) in [7, 11) is 0. The Morgan fingerprint density at radius 2 is 1.96 bits per heavy atom. The van der Waals surface area contributed by atoms with Gasteiger partial charge < -0.3 is 9.47 Å². The van der Waals surface area contributed by atoms with Gasteiger partial charge in [0.25, 0.3) is 0 Å². The standard InChI is InChI=1S/C19H22N2O2/c20-8-6-15(7-9-21)16-2-1-3-18(12-16)22-13-23-19-11-14-4-5-17(19)10-14/h1-3,12,14-15,17,19H,4-7,10-11,13H2/t14?,17?,19-/m0/s1. The lowest BCUT2D eigenvalue weighted by Crippen LogP contribution is -2.22.